The average molecular weight is 296 g/mol. The van der Waals surface area contributed by atoms with Gasteiger partial charge < -0.3 is 15.6 Å². The number of carbonyl (C=O) groups is 1. The molecule has 0 aliphatic carbocycles. The number of benzene rings is 1. The number of hydrogen-bond acceptors (Lipinski definition) is 5. The largest absolute Gasteiger partial charge is 0.382 e. The first kappa shape index (κ1) is 14.0. The Labute approximate surface area is 127 Å². The fourth-order valence-electron chi connectivity index (χ4n) is 2.37. The summed E-state index contributed by atoms with van der Waals surface area (Å²) in [5.41, 5.74) is 7.78. The Kier molecular flexibility index (Phi) is 3.69. The molecule has 0 radical (unpaired) electrons. The molecule has 0 atom stereocenters. The normalized spacial score (nSPS) is 10.8. The SMILES string of the molecule is Cc1nc2ccccc2n1CCNC(=O)c1nccnc1N. The minimum Gasteiger partial charge on any atom is -0.382 e. The van der Waals surface area contributed by atoms with Crippen molar-refractivity contribution in [2.45, 2.75) is 13.5 Å². The maximum Gasteiger partial charge on any atom is 0.273 e. The maximum atomic E-state index is 12.0. The van der Waals surface area contributed by atoms with Crippen LogP contribution in [0.25, 0.3) is 11.0 Å². The summed E-state index contributed by atoms with van der Waals surface area (Å²) in [6, 6.07) is 7.91. The molecule has 3 rings (SSSR count). The fraction of sp³-hybridized carbons (Fsp3) is 0.200. The van der Waals surface area contributed by atoms with E-state index >= 15 is 0 Å². The van der Waals surface area contributed by atoms with Crippen LogP contribution < -0.4 is 11.1 Å². The first-order valence-electron chi connectivity index (χ1n) is 6.93. The molecule has 1 amide bonds. The summed E-state index contributed by atoms with van der Waals surface area (Å²) < 4.78 is 2.07. The molecule has 0 aliphatic rings. The molecule has 2 aromatic heterocycles. The number of anilines is 1. The van der Waals surface area contributed by atoms with E-state index in [0.717, 1.165) is 16.9 Å². The number of fused-ring (bicyclic) bond motifs is 1. The van der Waals surface area contributed by atoms with E-state index in [1.54, 1.807) is 0 Å². The highest BCUT2D eigenvalue weighted by atomic mass is 16.1. The van der Waals surface area contributed by atoms with E-state index in [1.807, 2.05) is 31.2 Å². The van der Waals surface area contributed by atoms with E-state index in [4.69, 9.17) is 5.73 Å². The molecule has 0 bridgehead atoms. The summed E-state index contributed by atoms with van der Waals surface area (Å²) in [7, 11) is 0. The third kappa shape index (κ3) is 2.60. The molecule has 7 nitrogen and oxygen atoms in total. The van der Waals surface area contributed by atoms with Crippen LogP contribution in [0.15, 0.2) is 36.7 Å². The van der Waals surface area contributed by atoms with Crippen molar-refractivity contribution in [2.75, 3.05) is 12.3 Å². The topological polar surface area (TPSA) is 98.7 Å². The second-order valence-electron chi connectivity index (χ2n) is 4.85. The first-order chi connectivity index (χ1) is 10.7. The summed E-state index contributed by atoms with van der Waals surface area (Å²) in [5, 5.41) is 2.80. The Morgan fingerprint density at radius 2 is 2.05 bits per heavy atom. The molecule has 0 saturated heterocycles. The molecule has 3 aromatic rings. The summed E-state index contributed by atoms with van der Waals surface area (Å²) in [6.45, 7) is 3.02. The Bertz CT molecular complexity index is 826. The number of carbonyl (C=O) groups excluding carboxylic acids is 1. The second kappa shape index (κ2) is 5.80. The number of nitrogens with zero attached hydrogens (tertiary/aromatic N) is 4. The van der Waals surface area contributed by atoms with Crippen molar-refractivity contribution in [2.24, 2.45) is 0 Å². The highest BCUT2D eigenvalue weighted by Gasteiger charge is 2.12. The predicted molar refractivity (Wildman–Crippen MR) is 83.2 cm³/mol. The van der Waals surface area contributed by atoms with E-state index in [2.05, 4.69) is 24.8 Å². The number of nitrogens with one attached hydrogen (secondary N) is 1. The van der Waals surface area contributed by atoms with Gasteiger partial charge in [0.25, 0.3) is 5.91 Å². The smallest absolute Gasteiger partial charge is 0.273 e. The van der Waals surface area contributed by atoms with Crippen LogP contribution in [0, 0.1) is 6.92 Å². The predicted octanol–water partition coefficient (Wildman–Crippen LogP) is 1.15. The molecule has 7 heteroatoms. The van der Waals surface area contributed by atoms with Gasteiger partial charge in [0.1, 0.15) is 5.82 Å². The Morgan fingerprint density at radius 1 is 1.27 bits per heavy atom. The lowest BCUT2D eigenvalue weighted by atomic mass is 10.3. The van der Waals surface area contributed by atoms with Crippen LogP contribution in [0.2, 0.25) is 0 Å². The molecule has 0 fully saturated rings. The maximum absolute atomic E-state index is 12.0. The average Bonchev–Trinajstić information content (AvgIpc) is 2.83. The molecule has 112 valence electrons. The van der Waals surface area contributed by atoms with Crippen LogP contribution in [0.5, 0.6) is 0 Å². The van der Waals surface area contributed by atoms with Gasteiger partial charge in [-0.05, 0) is 19.1 Å². The van der Waals surface area contributed by atoms with Crippen LogP contribution in [0.3, 0.4) is 0 Å². The zero-order valence-corrected chi connectivity index (χ0v) is 12.2. The van der Waals surface area contributed by atoms with Gasteiger partial charge in [-0.15, -0.1) is 0 Å². The van der Waals surface area contributed by atoms with Crippen molar-refractivity contribution in [3.8, 4) is 0 Å². The molecule has 3 N–H and O–H groups in total. The summed E-state index contributed by atoms with van der Waals surface area (Å²) in [5.74, 6) is 0.714. The number of imidazole rings is 1. The van der Waals surface area contributed by atoms with Crippen LogP contribution in [-0.4, -0.2) is 32.0 Å². The number of para-hydroxylation sites is 2. The zero-order valence-electron chi connectivity index (χ0n) is 12.2. The van der Waals surface area contributed by atoms with Crippen molar-refractivity contribution < 1.29 is 4.79 Å². The van der Waals surface area contributed by atoms with Crippen molar-refractivity contribution in [1.29, 1.82) is 0 Å². The number of nitrogen functional groups attached to an aromatic ring is 1. The Morgan fingerprint density at radius 3 is 2.86 bits per heavy atom. The monoisotopic (exact) mass is 296 g/mol. The van der Waals surface area contributed by atoms with E-state index < -0.39 is 0 Å². The van der Waals surface area contributed by atoms with Gasteiger partial charge in [0.15, 0.2) is 11.5 Å². The molecule has 1 aromatic carbocycles. The van der Waals surface area contributed by atoms with E-state index in [1.165, 1.54) is 12.4 Å². The van der Waals surface area contributed by atoms with E-state index in [-0.39, 0.29) is 17.4 Å². The zero-order chi connectivity index (χ0) is 15.5. The van der Waals surface area contributed by atoms with Gasteiger partial charge in [-0.3, -0.25) is 4.79 Å². The number of amides is 1. The van der Waals surface area contributed by atoms with E-state index in [9.17, 15) is 4.79 Å². The van der Waals surface area contributed by atoms with Gasteiger partial charge in [0.05, 0.1) is 11.0 Å². The summed E-state index contributed by atoms with van der Waals surface area (Å²) in [4.78, 5) is 24.3. The van der Waals surface area contributed by atoms with Crippen molar-refractivity contribution in [3.63, 3.8) is 0 Å². The molecule has 2 heterocycles. The number of hydrogen-bond donors (Lipinski definition) is 2. The standard InChI is InChI=1S/C15H16N6O/c1-10-20-11-4-2-3-5-12(11)21(10)9-8-19-15(22)13-14(16)18-7-6-17-13/h2-7H,8-9H2,1H3,(H2,16,18)(H,19,22). The van der Waals surface area contributed by atoms with Gasteiger partial charge in [0.2, 0.25) is 0 Å². The third-order valence-corrected chi connectivity index (χ3v) is 3.41. The van der Waals surface area contributed by atoms with Gasteiger partial charge in [-0.25, -0.2) is 15.0 Å². The third-order valence-electron chi connectivity index (χ3n) is 3.41. The highest BCUT2D eigenvalue weighted by molar-refractivity contribution is 5.96. The van der Waals surface area contributed by atoms with Crippen molar-refractivity contribution in [1.82, 2.24) is 24.8 Å². The minimum atomic E-state index is -0.326. The lowest BCUT2D eigenvalue weighted by Crippen LogP contribution is -2.29. The van der Waals surface area contributed by atoms with Crippen LogP contribution >= 0.6 is 0 Å². The first-order valence-corrected chi connectivity index (χ1v) is 6.93. The second-order valence-corrected chi connectivity index (χ2v) is 4.85. The summed E-state index contributed by atoms with van der Waals surface area (Å²) >= 11 is 0. The Hall–Kier alpha value is -2.96. The Balaban J connectivity index is 1.69. The number of rotatable bonds is 4. The van der Waals surface area contributed by atoms with Crippen molar-refractivity contribution >= 4 is 22.8 Å². The van der Waals surface area contributed by atoms with Crippen LogP contribution in [-0.2, 0) is 6.54 Å². The molecule has 0 spiro atoms. The molecular weight excluding hydrogens is 280 g/mol. The lowest BCUT2D eigenvalue weighted by molar-refractivity contribution is 0.0948. The quantitative estimate of drug-likeness (QED) is 0.752. The number of aryl methyl sites for hydroxylation is 1. The number of nitrogens with two attached hydrogens (primary N) is 1. The van der Waals surface area contributed by atoms with Crippen LogP contribution in [0.4, 0.5) is 5.82 Å². The molecule has 22 heavy (non-hydrogen) atoms. The van der Waals surface area contributed by atoms with Crippen molar-refractivity contribution in [3.05, 3.63) is 48.2 Å². The van der Waals surface area contributed by atoms with Crippen LogP contribution in [0.1, 0.15) is 16.3 Å². The van der Waals surface area contributed by atoms with Gasteiger partial charge in [0, 0.05) is 25.5 Å². The number of aromatic nitrogens is 4. The van der Waals surface area contributed by atoms with Gasteiger partial charge >= 0.3 is 0 Å². The highest BCUT2D eigenvalue weighted by Crippen LogP contribution is 2.14. The minimum absolute atomic E-state index is 0.129. The lowest BCUT2D eigenvalue weighted by Gasteiger charge is -2.09. The fourth-order valence-corrected chi connectivity index (χ4v) is 2.37. The summed E-state index contributed by atoms with van der Waals surface area (Å²) in [6.07, 6.45) is 2.89. The molecule has 0 unspecified atom stereocenters. The molecular formula is C15H16N6O. The molecule has 0 aliphatic heterocycles. The van der Waals surface area contributed by atoms with Gasteiger partial charge in [-0.1, -0.05) is 12.1 Å². The molecule has 0 saturated carbocycles. The van der Waals surface area contributed by atoms with E-state index in [0.29, 0.717) is 13.1 Å². The van der Waals surface area contributed by atoms with Gasteiger partial charge in [-0.2, -0.15) is 0 Å².